The maximum absolute atomic E-state index is 12.7. The van der Waals surface area contributed by atoms with Gasteiger partial charge in [-0.25, -0.2) is 0 Å². The molecule has 0 fully saturated rings. The molecule has 0 spiro atoms. The summed E-state index contributed by atoms with van der Waals surface area (Å²) in [6.45, 7) is 4.10. The van der Waals surface area contributed by atoms with Crippen molar-refractivity contribution in [2.45, 2.75) is 6.92 Å². The second-order valence-corrected chi connectivity index (χ2v) is 6.69. The van der Waals surface area contributed by atoms with Crippen LogP contribution in [0.15, 0.2) is 48.5 Å². The predicted octanol–water partition coefficient (Wildman–Crippen LogP) is 2.60. The Kier molecular flexibility index (Phi) is 10.4. The SMILES string of the molecule is CCOCCOc1ccccc1C(=O)NC(=S)Nc1cccc(C(=O)NCCOC)c1. The number of hydrogen-bond acceptors (Lipinski definition) is 6. The minimum atomic E-state index is -0.405. The number of para-hydroxylation sites is 1. The third-order valence-corrected chi connectivity index (χ3v) is 4.23. The van der Waals surface area contributed by atoms with Crippen molar-refractivity contribution in [3.05, 3.63) is 59.7 Å². The summed E-state index contributed by atoms with van der Waals surface area (Å²) in [6.07, 6.45) is 0. The number of carbonyl (C=O) groups excluding carboxylic acids is 2. The summed E-state index contributed by atoms with van der Waals surface area (Å²) >= 11 is 5.25. The van der Waals surface area contributed by atoms with E-state index in [4.69, 9.17) is 26.4 Å². The van der Waals surface area contributed by atoms with Crippen molar-refractivity contribution in [2.75, 3.05) is 45.4 Å². The molecule has 0 heterocycles. The monoisotopic (exact) mass is 445 g/mol. The van der Waals surface area contributed by atoms with E-state index in [2.05, 4.69) is 16.0 Å². The van der Waals surface area contributed by atoms with Crippen LogP contribution in [0, 0.1) is 0 Å². The molecule has 0 aliphatic rings. The van der Waals surface area contributed by atoms with Gasteiger partial charge in [0.1, 0.15) is 12.4 Å². The number of thiocarbonyl (C=S) groups is 1. The van der Waals surface area contributed by atoms with Crippen LogP contribution in [-0.4, -0.2) is 57.0 Å². The van der Waals surface area contributed by atoms with E-state index in [0.29, 0.717) is 55.5 Å². The Bertz CT molecular complexity index is 891. The quantitative estimate of drug-likeness (QED) is 0.361. The Hall–Kier alpha value is -3.01. The fraction of sp³-hybridized carbons (Fsp3) is 0.318. The Morgan fingerprint density at radius 3 is 2.58 bits per heavy atom. The second-order valence-electron chi connectivity index (χ2n) is 6.28. The summed E-state index contributed by atoms with van der Waals surface area (Å²) in [5, 5.41) is 8.40. The molecule has 0 unspecified atom stereocenters. The molecule has 0 saturated carbocycles. The van der Waals surface area contributed by atoms with E-state index in [1.165, 1.54) is 0 Å². The van der Waals surface area contributed by atoms with Crippen molar-refractivity contribution in [3.8, 4) is 5.75 Å². The number of anilines is 1. The lowest BCUT2D eigenvalue weighted by Crippen LogP contribution is -2.34. The maximum atomic E-state index is 12.7. The highest BCUT2D eigenvalue weighted by atomic mass is 32.1. The van der Waals surface area contributed by atoms with Crippen LogP contribution >= 0.6 is 12.2 Å². The second kappa shape index (κ2) is 13.3. The molecule has 2 rings (SSSR count). The van der Waals surface area contributed by atoms with Crippen LogP contribution in [0.2, 0.25) is 0 Å². The van der Waals surface area contributed by atoms with E-state index in [1.54, 1.807) is 55.6 Å². The topological polar surface area (TPSA) is 97.9 Å². The summed E-state index contributed by atoms with van der Waals surface area (Å²) in [7, 11) is 1.57. The largest absolute Gasteiger partial charge is 0.490 e. The van der Waals surface area contributed by atoms with Crippen LogP contribution in [0.4, 0.5) is 5.69 Å². The minimum Gasteiger partial charge on any atom is -0.490 e. The molecule has 0 atom stereocenters. The third kappa shape index (κ3) is 8.33. The highest BCUT2D eigenvalue weighted by Gasteiger charge is 2.14. The Balaban J connectivity index is 1.95. The lowest BCUT2D eigenvalue weighted by Gasteiger charge is -2.13. The van der Waals surface area contributed by atoms with Crippen molar-refractivity contribution in [3.63, 3.8) is 0 Å². The minimum absolute atomic E-state index is 0.103. The molecule has 2 aromatic rings. The number of amides is 2. The first-order valence-corrected chi connectivity index (χ1v) is 10.2. The first-order chi connectivity index (χ1) is 15.0. The zero-order valence-corrected chi connectivity index (χ0v) is 18.4. The average Bonchev–Trinajstić information content (AvgIpc) is 2.77. The van der Waals surface area contributed by atoms with E-state index in [9.17, 15) is 9.59 Å². The van der Waals surface area contributed by atoms with Crippen LogP contribution in [0.5, 0.6) is 5.75 Å². The predicted molar refractivity (Wildman–Crippen MR) is 123 cm³/mol. The molecule has 0 aromatic heterocycles. The van der Waals surface area contributed by atoms with Crippen molar-refractivity contribution in [1.82, 2.24) is 10.6 Å². The standard InChI is InChI=1S/C22H27N3O5S/c1-3-29-13-14-30-19-10-5-4-9-18(19)21(27)25-22(31)24-17-8-6-7-16(15-17)20(26)23-11-12-28-2/h4-10,15H,3,11-14H2,1-2H3,(H,23,26)(H2,24,25,27,31). The maximum Gasteiger partial charge on any atom is 0.261 e. The van der Waals surface area contributed by atoms with Gasteiger partial charge in [0.15, 0.2) is 5.11 Å². The number of methoxy groups -OCH3 is 1. The van der Waals surface area contributed by atoms with Gasteiger partial charge in [-0.1, -0.05) is 18.2 Å². The molecule has 0 aliphatic carbocycles. The number of carbonyl (C=O) groups is 2. The van der Waals surface area contributed by atoms with Gasteiger partial charge in [-0.2, -0.15) is 0 Å². The highest BCUT2D eigenvalue weighted by molar-refractivity contribution is 7.80. The number of hydrogen-bond donors (Lipinski definition) is 3. The van der Waals surface area contributed by atoms with Gasteiger partial charge in [-0.05, 0) is 49.5 Å². The molecule has 2 aromatic carbocycles. The van der Waals surface area contributed by atoms with E-state index in [1.807, 2.05) is 6.92 Å². The van der Waals surface area contributed by atoms with Gasteiger partial charge in [-0.3, -0.25) is 14.9 Å². The third-order valence-electron chi connectivity index (χ3n) is 4.02. The normalized spacial score (nSPS) is 10.3. The molecule has 166 valence electrons. The van der Waals surface area contributed by atoms with E-state index in [0.717, 1.165) is 0 Å². The molecule has 8 nitrogen and oxygen atoms in total. The summed E-state index contributed by atoms with van der Waals surface area (Å²) < 4.78 is 15.8. The molecule has 31 heavy (non-hydrogen) atoms. The van der Waals surface area contributed by atoms with E-state index < -0.39 is 5.91 Å². The lowest BCUT2D eigenvalue weighted by molar-refractivity contribution is 0.0934. The van der Waals surface area contributed by atoms with Crippen LogP contribution in [-0.2, 0) is 9.47 Å². The van der Waals surface area contributed by atoms with Crippen LogP contribution < -0.4 is 20.7 Å². The van der Waals surface area contributed by atoms with Crippen molar-refractivity contribution >= 4 is 34.8 Å². The molecule has 9 heteroatoms. The Morgan fingerprint density at radius 2 is 1.81 bits per heavy atom. The lowest BCUT2D eigenvalue weighted by atomic mass is 10.2. The van der Waals surface area contributed by atoms with Crippen molar-refractivity contribution < 1.29 is 23.8 Å². The first-order valence-electron chi connectivity index (χ1n) is 9.84. The van der Waals surface area contributed by atoms with Gasteiger partial charge in [-0.15, -0.1) is 0 Å². The molecular formula is C22H27N3O5S. The molecule has 0 bridgehead atoms. The van der Waals surface area contributed by atoms with Crippen LogP contribution in [0.3, 0.4) is 0 Å². The summed E-state index contributed by atoms with van der Waals surface area (Å²) in [6, 6.07) is 13.7. The summed E-state index contributed by atoms with van der Waals surface area (Å²) in [5.74, 6) is -0.191. The smallest absolute Gasteiger partial charge is 0.261 e. The summed E-state index contributed by atoms with van der Waals surface area (Å²) in [5.41, 5.74) is 1.39. The molecule has 3 N–H and O–H groups in total. The molecule has 2 amide bonds. The molecular weight excluding hydrogens is 418 g/mol. The zero-order chi connectivity index (χ0) is 22.5. The van der Waals surface area contributed by atoms with Gasteiger partial charge in [0.05, 0.1) is 18.8 Å². The number of ether oxygens (including phenoxy) is 3. The Morgan fingerprint density at radius 1 is 1.00 bits per heavy atom. The molecule has 0 aliphatic heterocycles. The average molecular weight is 446 g/mol. The molecule has 0 radical (unpaired) electrons. The van der Waals surface area contributed by atoms with Crippen molar-refractivity contribution in [1.29, 1.82) is 0 Å². The van der Waals surface area contributed by atoms with E-state index >= 15 is 0 Å². The van der Waals surface area contributed by atoms with Crippen molar-refractivity contribution in [2.24, 2.45) is 0 Å². The zero-order valence-electron chi connectivity index (χ0n) is 17.6. The fourth-order valence-electron chi connectivity index (χ4n) is 2.57. The fourth-order valence-corrected chi connectivity index (χ4v) is 2.79. The number of benzene rings is 2. The van der Waals surface area contributed by atoms with Gasteiger partial charge in [0, 0.05) is 31.5 Å². The van der Waals surface area contributed by atoms with Gasteiger partial charge in [0.25, 0.3) is 11.8 Å². The molecule has 0 saturated heterocycles. The van der Waals surface area contributed by atoms with Gasteiger partial charge < -0.3 is 24.8 Å². The Labute approximate surface area is 187 Å². The summed E-state index contributed by atoms with van der Waals surface area (Å²) in [4.78, 5) is 24.8. The first kappa shape index (κ1) is 24.3. The number of nitrogens with one attached hydrogen (secondary N) is 3. The van der Waals surface area contributed by atoms with E-state index in [-0.39, 0.29) is 11.0 Å². The van der Waals surface area contributed by atoms with Crippen LogP contribution in [0.1, 0.15) is 27.6 Å². The van der Waals surface area contributed by atoms with Gasteiger partial charge >= 0.3 is 0 Å². The number of rotatable bonds is 11. The van der Waals surface area contributed by atoms with Gasteiger partial charge in [0.2, 0.25) is 0 Å². The van der Waals surface area contributed by atoms with Crippen LogP contribution in [0.25, 0.3) is 0 Å². The highest BCUT2D eigenvalue weighted by Crippen LogP contribution is 2.18.